The van der Waals surface area contributed by atoms with Crippen LogP contribution in [0.5, 0.6) is 0 Å². The second-order valence-electron chi connectivity index (χ2n) is 7.31. The van der Waals surface area contributed by atoms with E-state index in [9.17, 15) is 35.1 Å². The van der Waals surface area contributed by atoms with E-state index in [1.165, 1.54) is 11.8 Å². The van der Waals surface area contributed by atoms with Crippen LogP contribution in [-0.2, 0) is 4.74 Å². The molecular formula is C16H24F8N2O. The summed E-state index contributed by atoms with van der Waals surface area (Å²) in [5, 5.41) is 0. The first-order chi connectivity index (χ1) is 12.3. The van der Waals surface area contributed by atoms with E-state index in [2.05, 4.69) is 4.74 Å². The van der Waals surface area contributed by atoms with Crippen LogP contribution in [0.25, 0.3) is 0 Å². The van der Waals surface area contributed by atoms with Crippen molar-refractivity contribution in [2.45, 2.75) is 68.6 Å². The zero-order valence-electron chi connectivity index (χ0n) is 15.1. The maximum absolute atomic E-state index is 14.8. The van der Waals surface area contributed by atoms with Crippen molar-refractivity contribution in [1.82, 2.24) is 9.80 Å². The summed E-state index contributed by atoms with van der Waals surface area (Å²) in [6, 6.07) is -1.34. The fraction of sp³-hybridized carbons (Fsp3) is 1.00. The van der Waals surface area contributed by atoms with E-state index < -0.39 is 48.9 Å². The van der Waals surface area contributed by atoms with Crippen LogP contribution in [0.4, 0.5) is 35.1 Å². The van der Waals surface area contributed by atoms with Crippen LogP contribution in [0.2, 0.25) is 0 Å². The Morgan fingerprint density at radius 3 is 1.81 bits per heavy atom. The molecule has 2 aliphatic rings. The Hall–Kier alpha value is -0.680. The SMILES string of the molecule is CC(N1CCN(C)CC1)C(F)(F)C1CCCC(C(F)(F)C(F)C(F)(F)F)O1. The first-order valence-corrected chi connectivity index (χ1v) is 8.82. The fourth-order valence-corrected chi connectivity index (χ4v) is 3.49. The number of ether oxygens (including phenoxy) is 1. The molecule has 0 N–H and O–H groups in total. The molecule has 4 unspecified atom stereocenters. The molecule has 2 fully saturated rings. The van der Waals surface area contributed by atoms with Crippen LogP contribution in [0.1, 0.15) is 26.2 Å². The molecule has 0 aromatic rings. The van der Waals surface area contributed by atoms with E-state index in [1.54, 1.807) is 0 Å². The average molecular weight is 412 g/mol. The van der Waals surface area contributed by atoms with Gasteiger partial charge in [-0.1, -0.05) is 0 Å². The molecule has 2 aliphatic heterocycles. The summed E-state index contributed by atoms with van der Waals surface area (Å²) in [5.41, 5.74) is 0. The number of rotatable bonds is 5. The number of halogens is 8. The number of nitrogens with zero attached hydrogens (tertiary/aromatic N) is 2. The van der Waals surface area contributed by atoms with Gasteiger partial charge >= 0.3 is 12.1 Å². The highest BCUT2D eigenvalue weighted by molar-refractivity contribution is 4.97. The molecule has 0 aromatic heterocycles. The van der Waals surface area contributed by atoms with Crippen molar-refractivity contribution in [1.29, 1.82) is 0 Å². The topological polar surface area (TPSA) is 15.7 Å². The van der Waals surface area contributed by atoms with Crippen LogP contribution in [0.3, 0.4) is 0 Å². The van der Waals surface area contributed by atoms with Gasteiger partial charge in [-0.2, -0.15) is 13.2 Å². The lowest BCUT2D eigenvalue weighted by atomic mass is 9.92. The maximum Gasteiger partial charge on any atom is 0.425 e. The molecule has 160 valence electrons. The van der Waals surface area contributed by atoms with E-state index in [4.69, 9.17) is 0 Å². The molecular weight excluding hydrogens is 388 g/mol. The normalized spacial score (nSPS) is 29.6. The second kappa shape index (κ2) is 7.98. The summed E-state index contributed by atoms with van der Waals surface area (Å²) in [4.78, 5) is 3.45. The molecule has 0 amide bonds. The molecule has 0 radical (unpaired) electrons. The third kappa shape index (κ3) is 4.84. The Morgan fingerprint density at radius 2 is 1.33 bits per heavy atom. The van der Waals surface area contributed by atoms with Gasteiger partial charge in [0.25, 0.3) is 12.1 Å². The van der Waals surface area contributed by atoms with Crippen molar-refractivity contribution in [2.75, 3.05) is 33.2 Å². The van der Waals surface area contributed by atoms with Crippen LogP contribution < -0.4 is 0 Å². The smallest absolute Gasteiger partial charge is 0.362 e. The monoisotopic (exact) mass is 412 g/mol. The molecule has 0 aromatic carbocycles. The van der Waals surface area contributed by atoms with E-state index in [0.717, 1.165) is 0 Å². The molecule has 0 bridgehead atoms. The van der Waals surface area contributed by atoms with Crippen molar-refractivity contribution >= 4 is 0 Å². The summed E-state index contributed by atoms with van der Waals surface area (Å²) >= 11 is 0. The number of hydrogen-bond acceptors (Lipinski definition) is 3. The standard InChI is InChI=1S/C16H24F8N2O/c1-10(26-8-6-25(2)7-9-26)14(18,19)11-4-3-5-12(27-11)15(20,21)13(17)16(22,23)24/h10-13H,3-9H2,1-2H3. The molecule has 3 nitrogen and oxygen atoms in total. The van der Waals surface area contributed by atoms with Crippen LogP contribution >= 0.6 is 0 Å². The first kappa shape index (κ1) is 22.6. The highest BCUT2D eigenvalue weighted by Gasteiger charge is 2.63. The molecule has 2 heterocycles. The first-order valence-electron chi connectivity index (χ1n) is 8.82. The Balaban J connectivity index is 2.09. The minimum Gasteiger partial charge on any atom is -0.362 e. The van der Waals surface area contributed by atoms with E-state index >= 15 is 0 Å². The molecule has 0 spiro atoms. The van der Waals surface area contributed by atoms with Crippen molar-refractivity contribution in [3.05, 3.63) is 0 Å². The molecule has 0 saturated carbocycles. The summed E-state index contributed by atoms with van der Waals surface area (Å²) in [6.07, 6.45) is -15.9. The largest absolute Gasteiger partial charge is 0.425 e. The Labute approximate surface area is 152 Å². The molecule has 4 atom stereocenters. The van der Waals surface area contributed by atoms with E-state index in [1.807, 2.05) is 11.9 Å². The Bertz CT molecular complexity index is 493. The quantitative estimate of drug-likeness (QED) is 0.640. The van der Waals surface area contributed by atoms with E-state index in [0.29, 0.717) is 26.2 Å². The Morgan fingerprint density at radius 1 is 0.852 bits per heavy atom. The van der Waals surface area contributed by atoms with Gasteiger partial charge in [0.1, 0.15) is 12.2 Å². The minimum absolute atomic E-state index is 0.194. The Kier molecular flexibility index (Phi) is 6.68. The third-order valence-corrected chi connectivity index (χ3v) is 5.39. The number of likely N-dealkylation sites (N-methyl/N-ethyl adjacent to an activating group) is 1. The molecule has 2 rings (SSSR count). The number of piperazine rings is 1. The number of alkyl halides is 8. The van der Waals surface area contributed by atoms with Crippen molar-refractivity contribution in [2.24, 2.45) is 0 Å². The second-order valence-corrected chi connectivity index (χ2v) is 7.31. The highest BCUT2D eigenvalue weighted by Crippen LogP contribution is 2.44. The van der Waals surface area contributed by atoms with Crippen LogP contribution in [0.15, 0.2) is 0 Å². The van der Waals surface area contributed by atoms with Gasteiger partial charge in [0, 0.05) is 26.2 Å². The zero-order chi connectivity index (χ0) is 20.6. The highest BCUT2D eigenvalue weighted by atomic mass is 19.4. The van der Waals surface area contributed by atoms with E-state index in [-0.39, 0.29) is 12.8 Å². The third-order valence-electron chi connectivity index (χ3n) is 5.39. The lowest BCUT2D eigenvalue weighted by Crippen LogP contribution is -2.60. The van der Waals surface area contributed by atoms with Gasteiger partial charge in [0.05, 0.1) is 6.04 Å². The van der Waals surface area contributed by atoms with Crippen molar-refractivity contribution in [3.63, 3.8) is 0 Å². The predicted molar refractivity (Wildman–Crippen MR) is 81.9 cm³/mol. The minimum atomic E-state index is -5.80. The maximum atomic E-state index is 14.8. The van der Waals surface area contributed by atoms with Gasteiger partial charge < -0.3 is 9.64 Å². The fourth-order valence-electron chi connectivity index (χ4n) is 3.49. The lowest BCUT2D eigenvalue weighted by molar-refractivity contribution is -0.299. The summed E-state index contributed by atoms with van der Waals surface area (Å²) in [7, 11) is 1.84. The van der Waals surface area contributed by atoms with Crippen LogP contribution in [-0.4, -0.2) is 85.5 Å². The van der Waals surface area contributed by atoms with Crippen LogP contribution in [0, 0.1) is 0 Å². The van der Waals surface area contributed by atoms with Gasteiger partial charge in [-0.25, -0.2) is 22.0 Å². The summed E-state index contributed by atoms with van der Waals surface area (Å²) < 4.78 is 112. The summed E-state index contributed by atoms with van der Waals surface area (Å²) in [5.74, 6) is -8.49. The van der Waals surface area contributed by atoms with Crippen molar-refractivity contribution in [3.8, 4) is 0 Å². The molecule has 27 heavy (non-hydrogen) atoms. The lowest BCUT2D eigenvalue weighted by Gasteiger charge is -2.44. The predicted octanol–water partition coefficient (Wildman–Crippen LogP) is 3.73. The number of hydrogen-bond donors (Lipinski definition) is 0. The molecule has 11 heteroatoms. The molecule has 0 aliphatic carbocycles. The van der Waals surface area contributed by atoms with Gasteiger partial charge in [-0.05, 0) is 33.2 Å². The van der Waals surface area contributed by atoms with Gasteiger partial charge in [-0.15, -0.1) is 0 Å². The summed E-state index contributed by atoms with van der Waals surface area (Å²) in [6.45, 7) is 3.05. The molecule has 2 saturated heterocycles. The van der Waals surface area contributed by atoms with Crippen molar-refractivity contribution < 1.29 is 39.9 Å². The van der Waals surface area contributed by atoms with Gasteiger partial charge in [0.2, 0.25) is 0 Å². The van der Waals surface area contributed by atoms with Gasteiger partial charge in [-0.3, -0.25) is 4.90 Å². The average Bonchev–Trinajstić information content (AvgIpc) is 2.60. The van der Waals surface area contributed by atoms with Gasteiger partial charge in [0.15, 0.2) is 0 Å². The zero-order valence-corrected chi connectivity index (χ0v) is 15.1.